The molecule has 0 atom stereocenters. The van der Waals surface area contributed by atoms with Crippen LogP contribution in [0.4, 0.5) is 0 Å². The fourth-order valence-electron chi connectivity index (χ4n) is 2.20. The van der Waals surface area contributed by atoms with Gasteiger partial charge in [-0.1, -0.05) is 45.0 Å². The van der Waals surface area contributed by atoms with Crippen LogP contribution in [0.3, 0.4) is 0 Å². The lowest BCUT2D eigenvalue weighted by Crippen LogP contribution is -2.14. The maximum atomic E-state index is 11.2. The number of carboxylic acid groups (broad SMARTS) is 1. The zero-order valence-corrected chi connectivity index (χ0v) is 10.6. The monoisotopic (exact) mass is 230 g/mol. The van der Waals surface area contributed by atoms with Gasteiger partial charge < -0.3 is 5.11 Å². The summed E-state index contributed by atoms with van der Waals surface area (Å²) in [6, 6.07) is 6.23. The van der Waals surface area contributed by atoms with E-state index in [-0.39, 0.29) is 5.41 Å². The molecule has 0 spiro atoms. The van der Waals surface area contributed by atoms with Crippen molar-refractivity contribution in [1.82, 2.24) is 0 Å². The van der Waals surface area contributed by atoms with Gasteiger partial charge in [0.1, 0.15) is 0 Å². The molecule has 1 aromatic rings. The lowest BCUT2D eigenvalue weighted by Gasteiger charge is -2.23. The molecule has 1 aromatic carbocycles. The Morgan fingerprint density at radius 1 is 1.29 bits per heavy atom. The summed E-state index contributed by atoms with van der Waals surface area (Å²) in [4.78, 5) is 11.2. The minimum Gasteiger partial charge on any atom is -0.478 e. The van der Waals surface area contributed by atoms with Crippen LogP contribution in [0, 0.1) is 0 Å². The molecule has 0 heterocycles. The van der Waals surface area contributed by atoms with Crippen LogP contribution in [0.2, 0.25) is 0 Å². The van der Waals surface area contributed by atoms with Gasteiger partial charge in [-0.2, -0.15) is 0 Å². The Balaban J connectivity index is 2.54. The summed E-state index contributed by atoms with van der Waals surface area (Å²) < 4.78 is 0. The second-order valence-corrected chi connectivity index (χ2v) is 5.58. The summed E-state index contributed by atoms with van der Waals surface area (Å²) >= 11 is 0. The van der Waals surface area contributed by atoms with Gasteiger partial charge in [0.05, 0.1) is 5.57 Å². The van der Waals surface area contributed by atoms with Crippen LogP contribution < -0.4 is 0 Å². The first kappa shape index (κ1) is 11.9. The highest BCUT2D eigenvalue weighted by atomic mass is 16.4. The van der Waals surface area contributed by atoms with Crippen molar-refractivity contribution in [3.63, 3.8) is 0 Å². The Hall–Kier alpha value is -1.57. The molecule has 0 aliphatic heterocycles. The number of allylic oxidation sites excluding steroid dienone is 1. The minimum absolute atomic E-state index is 0.0517. The molecule has 90 valence electrons. The summed E-state index contributed by atoms with van der Waals surface area (Å²) in [6.07, 6.45) is 3.59. The van der Waals surface area contributed by atoms with E-state index in [0.29, 0.717) is 5.57 Å². The van der Waals surface area contributed by atoms with Gasteiger partial charge >= 0.3 is 5.97 Å². The molecule has 0 unspecified atom stereocenters. The van der Waals surface area contributed by atoms with Crippen molar-refractivity contribution < 1.29 is 9.90 Å². The average Bonchev–Trinajstić information content (AvgIpc) is 2.26. The fraction of sp³-hybridized carbons (Fsp3) is 0.400. The molecule has 1 aliphatic rings. The third-order valence-corrected chi connectivity index (χ3v) is 3.26. The molecule has 0 fully saturated rings. The maximum Gasteiger partial charge on any atom is 0.335 e. The zero-order chi connectivity index (χ0) is 12.6. The summed E-state index contributed by atoms with van der Waals surface area (Å²) in [5.41, 5.74) is 3.74. The third-order valence-electron chi connectivity index (χ3n) is 3.26. The highest BCUT2D eigenvalue weighted by Gasteiger charge is 2.21. The SMILES string of the molecule is CC(C)(C)c1ccc2c(c1)C(C(=O)O)=CCC2. The molecule has 2 nitrogen and oxygen atoms in total. The number of fused-ring (bicyclic) bond motifs is 1. The van der Waals surface area contributed by atoms with Gasteiger partial charge in [-0.3, -0.25) is 0 Å². The standard InChI is InChI=1S/C15H18O2/c1-15(2,3)11-8-7-10-5-4-6-12(14(16)17)13(10)9-11/h6-9H,4-5H2,1-3H3,(H,16,17). The first-order valence-corrected chi connectivity index (χ1v) is 5.97. The number of benzene rings is 1. The molecule has 0 aromatic heterocycles. The van der Waals surface area contributed by atoms with Crippen molar-refractivity contribution in [1.29, 1.82) is 0 Å². The fourth-order valence-corrected chi connectivity index (χ4v) is 2.20. The lowest BCUT2D eigenvalue weighted by molar-refractivity contribution is -0.130. The molecule has 2 rings (SSSR count). The predicted octanol–water partition coefficient (Wildman–Crippen LogP) is 3.40. The van der Waals surface area contributed by atoms with E-state index in [9.17, 15) is 9.90 Å². The van der Waals surface area contributed by atoms with E-state index in [4.69, 9.17) is 0 Å². The number of aryl methyl sites for hydroxylation is 1. The molecular weight excluding hydrogens is 212 g/mol. The second-order valence-electron chi connectivity index (χ2n) is 5.58. The summed E-state index contributed by atoms with van der Waals surface area (Å²) in [7, 11) is 0. The van der Waals surface area contributed by atoms with Crippen LogP contribution in [0.15, 0.2) is 24.3 Å². The molecular formula is C15H18O2. The van der Waals surface area contributed by atoms with Crippen molar-refractivity contribution >= 4 is 11.5 Å². The first-order valence-electron chi connectivity index (χ1n) is 5.97. The van der Waals surface area contributed by atoms with Crippen LogP contribution in [0.5, 0.6) is 0 Å². The average molecular weight is 230 g/mol. The number of carbonyl (C=O) groups is 1. The van der Waals surface area contributed by atoms with E-state index in [1.165, 1.54) is 5.56 Å². The summed E-state index contributed by atoms with van der Waals surface area (Å²) in [6.45, 7) is 6.42. The highest BCUT2D eigenvalue weighted by Crippen LogP contribution is 2.31. The molecule has 0 saturated carbocycles. The number of aliphatic carboxylic acids is 1. The van der Waals surface area contributed by atoms with Crippen LogP contribution in [-0.2, 0) is 16.6 Å². The van der Waals surface area contributed by atoms with E-state index in [0.717, 1.165) is 24.0 Å². The van der Waals surface area contributed by atoms with Gasteiger partial charge in [0.15, 0.2) is 0 Å². The lowest BCUT2D eigenvalue weighted by atomic mass is 9.82. The molecule has 0 amide bonds. The quantitative estimate of drug-likeness (QED) is 0.802. The van der Waals surface area contributed by atoms with E-state index in [1.54, 1.807) is 0 Å². The Bertz CT molecular complexity index is 490. The van der Waals surface area contributed by atoms with E-state index in [2.05, 4.69) is 32.9 Å². The van der Waals surface area contributed by atoms with Crippen molar-refractivity contribution in [3.05, 3.63) is 41.0 Å². The molecule has 1 aliphatic carbocycles. The van der Waals surface area contributed by atoms with Gasteiger partial charge in [0.2, 0.25) is 0 Å². The van der Waals surface area contributed by atoms with Gasteiger partial charge in [0.25, 0.3) is 0 Å². The zero-order valence-electron chi connectivity index (χ0n) is 10.6. The van der Waals surface area contributed by atoms with Crippen molar-refractivity contribution in [2.24, 2.45) is 0 Å². The van der Waals surface area contributed by atoms with E-state index in [1.807, 2.05) is 12.1 Å². The van der Waals surface area contributed by atoms with Crippen LogP contribution in [-0.4, -0.2) is 11.1 Å². The molecule has 2 heteroatoms. The van der Waals surface area contributed by atoms with Crippen LogP contribution in [0.25, 0.3) is 5.57 Å². The number of hydrogen-bond donors (Lipinski definition) is 1. The number of rotatable bonds is 1. The van der Waals surface area contributed by atoms with Gasteiger partial charge in [-0.05, 0) is 34.9 Å². The smallest absolute Gasteiger partial charge is 0.335 e. The van der Waals surface area contributed by atoms with E-state index < -0.39 is 5.97 Å². The Kier molecular flexibility index (Phi) is 2.82. The maximum absolute atomic E-state index is 11.2. The van der Waals surface area contributed by atoms with Crippen molar-refractivity contribution in [2.75, 3.05) is 0 Å². The number of hydrogen-bond acceptors (Lipinski definition) is 1. The first-order chi connectivity index (χ1) is 7.89. The highest BCUT2D eigenvalue weighted by molar-refractivity contribution is 6.16. The van der Waals surface area contributed by atoms with Crippen LogP contribution >= 0.6 is 0 Å². The largest absolute Gasteiger partial charge is 0.478 e. The molecule has 0 bridgehead atoms. The molecule has 1 N–H and O–H groups in total. The normalized spacial score (nSPS) is 15.1. The molecule has 0 saturated heterocycles. The van der Waals surface area contributed by atoms with Crippen molar-refractivity contribution in [3.8, 4) is 0 Å². The Morgan fingerprint density at radius 3 is 2.59 bits per heavy atom. The van der Waals surface area contributed by atoms with Crippen LogP contribution in [0.1, 0.15) is 43.9 Å². The second kappa shape index (κ2) is 4.02. The summed E-state index contributed by atoms with van der Waals surface area (Å²) in [5.74, 6) is -0.822. The van der Waals surface area contributed by atoms with E-state index >= 15 is 0 Å². The Morgan fingerprint density at radius 2 is 2.00 bits per heavy atom. The van der Waals surface area contributed by atoms with Gasteiger partial charge in [-0.15, -0.1) is 0 Å². The Labute approximate surface area is 102 Å². The minimum atomic E-state index is -0.822. The molecule has 0 radical (unpaired) electrons. The summed E-state index contributed by atoms with van der Waals surface area (Å²) in [5, 5.41) is 9.21. The molecule has 17 heavy (non-hydrogen) atoms. The third kappa shape index (κ3) is 2.26. The predicted molar refractivity (Wildman–Crippen MR) is 69.1 cm³/mol. The topological polar surface area (TPSA) is 37.3 Å². The van der Waals surface area contributed by atoms with Crippen molar-refractivity contribution in [2.45, 2.75) is 39.0 Å². The van der Waals surface area contributed by atoms with Gasteiger partial charge in [-0.25, -0.2) is 4.79 Å². The number of carboxylic acids is 1. The van der Waals surface area contributed by atoms with Gasteiger partial charge in [0, 0.05) is 0 Å².